The predicted molar refractivity (Wildman–Crippen MR) is 103 cm³/mol. The van der Waals surface area contributed by atoms with Gasteiger partial charge in [0.15, 0.2) is 11.2 Å². The summed E-state index contributed by atoms with van der Waals surface area (Å²) in [7, 11) is 1.55. The number of aromatic amines is 1. The number of methoxy groups -OCH3 is 1. The molecule has 2 N–H and O–H groups in total. The molecule has 0 saturated carbocycles. The van der Waals surface area contributed by atoms with Crippen molar-refractivity contribution in [3.05, 3.63) is 63.0 Å². The van der Waals surface area contributed by atoms with Crippen LogP contribution in [0.1, 0.15) is 5.56 Å². The summed E-state index contributed by atoms with van der Waals surface area (Å²) in [6.45, 7) is 0. The van der Waals surface area contributed by atoms with Gasteiger partial charge in [0.2, 0.25) is 5.43 Å². The van der Waals surface area contributed by atoms with Crippen molar-refractivity contribution in [2.24, 2.45) is 5.10 Å². The van der Waals surface area contributed by atoms with E-state index in [-0.39, 0.29) is 16.7 Å². The minimum atomic E-state index is -0.202. The van der Waals surface area contributed by atoms with E-state index in [1.807, 2.05) is 0 Å². The molecule has 0 aliphatic heterocycles. The number of hydrogen-bond acceptors (Lipinski definition) is 5. The van der Waals surface area contributed by atoms with Crippen LogP contribution in [0.4, 0.5) is 0 Å². The minimum absolute atomic E-state index is 0.0895. The Morgan fingerprint density at radius 1 is 1.35 bits per heavy atom. The molecule has 7 nitrogen and oxygen atoms in total. The highest BCUT2D eigenvalue weighted by molar-refractivity contribution is 9.10. The largest absolute Gasteiger partial charge is 0.506 e. The fraction of sp³-hybridized carbons (Fsp3) is 0.0556. The molecule has 0 aliphatic rings. The van der Waals surface area contributed by atoms with Gasteiger partial charge in [0.05, 0.1) is 28.7 Å². The first-order valence-corrected chi connectivity index (χ1v) is 8.46. The zero-order valence-corrected chi connectivity index (χ0v) is 15.2. The van der Waals surface area contributed by atoms with Crippen LogP contribution >= 0.6 is 15.9 Å². The summed E-state index contributed by atoms with van der Waals surface area (Å²) in [5.74, 6) is 0.691. The van der Waals surface area contributed by atoms with Crippen molar-refractivity contribution in [2.45, 2.75) is 0 Å². The third-order valence-electron chi connectivity index (χ3n) is 4.03. The molecule has 2 aromatic heterocycles. The van der Waals surface area contributed by atoms with E-state index in [2.05, 4.69) is 31.0 Å². The van der Waals surface area contributed by atoms with Gasteiger partial charge in [0.25, 0.3) is 0 Å². The van der Waals surface area contributed by atoms with Gasteiger partial charge in [-0.3, -0.25) is 4.79 Å². The lowest BCUT2D eigenvalue weighted by atomic mass is 10.2. The molecular weight excluding hydrogens is 400 g/mol. The Morgan fingerprint density at radius 3 is 3.00 bits per heavy atom. The lowest BCUT2D eigenvalue weighted by Gasteiger charge is -2.04. The Labute approximate surface area is 155 Å². The summed E-state index contributed by atoms with van der Waals surface area (Å²) in [6.07, 6.45) is 2.95. The third-order valence-corrected chi connectivity index (χ3v) is 4.67. The number of halogens is 1. The van der Waals surface area contributed by atoms with E-state index in [4.69, 9.17) is 4.74 Å². The standard InChI is InChI=1S/C18H13BrN4O3/c1-26-11-5-6-14-12(7-11)17(25)15-18(22-14)23(9-20-15)21-8-10-3-2-4-13(19)16(10)24/h2-9,24H,1H3,(H,22,25). The third kappa shape index (κ3) is 2.64. The SMILES string of the molecule is COc1ccc2[nH]c3c(ncn3N=Cc3cccc(Br)c3O)c(=O)c2c1. The van der Waals surface area contributed by atoms with Crippen LogP contribution in [0.3, 0.4) is 0 Å². The normalized spacial score (nSPS) is 11.6. The molecule has 0 bridgehead atoms. The number of aromatic hydroxyl groups is 1. The van der Waals surface area contributed by atoms with Crippen molar-refractivity contribution in [1.29, 1.82) is 0 Å². The summed E-state index contributed by atoms with van der Waals surface area (Å²) in [6, 6.07) is 10.5. The molecule has 0 amide bonds. The molecule has 4 rings (SSSR count). The van der Waals surface area contributed by atoms with Gasteiger partial charge < -0.3 is 14.8 Å². The number of phenolic OH excluding ortho intramolecular Hbond substituents is 1. The maximum atomic E-state index is 12.7. The van der Waals surface area contributed by atoms with Gasteiger partial charge >= 0.3 is 0 Å². The highest BCUT2D eigenvalue weighted by atomic mass is 79.9. The molecule has 2 heterocycles. The van der Waals surface area contributed by atoms with Crippen LogP contribution in [0.5, 0.6) is 11.5 Å². The number of ether oxygens (including phenoxy) is 1. The highest BCUT2D eigenvalue weighted by Gasteiger charge is 2.11. The number of rotatable bonds is 3. The average molecular weight is 413 g/mol. The van der Waals surface area contributed by atoms with Crippen molar-refractivity contribution in [2.75, 3.05) is 7.11 Å². The number of nitrogens with zero attached hydrogens (tertiary/aromatic N) is 3. The fourth-order valence-corrected chi connectivity index (χ4v) is 3.05. The van der Waals surface area contributed by atoms with Crippen molar-refractivity contribution >= 4 is 44.2 Å². The summed E-state index contributed by atoms with van der Waals surface area (Å²) in [5, 5.41) is 14.8. The second-order valence-corrected chi connectivity index (χ2v) is 6.43. The minimum Gasteiger partial charge on any atom is -0.506 e. The molecular formula is C18H13BrN4O3. The van der Waals surface area contributed by atoms with Gasteiger partial charge in [-0.25, -0.2) is 9.66 Å². The Hall–Kier alpha value is -3.13. The smallest absolute Gasteiger partial charge is 0.217 e. The molecule has 2 aromatic carbocycles. The number of aromatic nitrogens is 3. The summed E-state index contributed by atoms with van der Waals surface area (Å²) in [5.41, 5.74) is 1.74. The Balaban J connectivity index is 1.86. The number of fused-ring (bicyclic) bond motifs is 2. The number of para-hydroxylation sites is 1. The Kier molecular flexibility index (Phi) is 3.96. The van der Waals surface area contributed by atoms with Crippen LogP contribution in [-0.4, -0.2) is 33.1 Å². The predicted octanol–water partition coefficient (Wildman–Crippen LogP) is 3.24. The van der Waals surface area contributed by atoms with Gasteiger partial charge in [-0.2, -0.15) is 5.10 Å². The van der Waals surface area contributed by atoms with Crippen LogP contribution in [-0.2, 0) is 0 Å². The van der Waals surface area contributed by atoms with E-state index in [0.29, 0.717) is 32.3 Å². The summed E-state index contributed by atoms with van der Waals surface area (Å²) < 4.78 is 7.21. The molecule has 0 saturated heterocycles. The number of imidazole rings is 1. The molecule has 4 aromatic rings. The van der Waals surface area contributed by atoms with E-state index < -0.39 is 0 Å². The first kappa shape index (κ1) is 16.3. The van der Waals surface area contributed by atoms with Crippen LogP contribution < -0.4 is 10.2 Å². The van der Waals surface area contributed by atoms with E-state index in [0.717, 1.165) is 0 Å². The Morgan fingerprint density at radius 2 is 2.19 bits per heavy atom. The molecule has 0 spiro atoms. The summed E-state index contributed by atoms with van der Waals surface area (Å²) in [4.78, 5) is 20.0. The van der Waals surface area contributed by atoms with Crippen molar-refractivity contribution in [1.82, 2.24) is 14.6 Å². The van der Waals surface area contributed by atoms with Crippen LogP contribution in [0.25, 0.3) is 22.1 Å². The maximum Gasteiger partial charge on any atom is 0.217 e. The van der Waals surface area contributed by atoms with Gasteiger partial charge in [-0.1, -0.05) is 6.07 Å². The topological polar surface area (TPSA) is 92.5 Å². The summed E-state index contributed by atoms with van der Waals surface area (Å²) >= 11 is 3.26. The number of nitrogens with one attached hydrogen (secondary N) is 1. The molecule has 0 unspecified atom stereocenters. The fourth-order valence-electron chi connectivity index (χ4n) is 2.67. The number of hydrogen-bond donors (Lipinski definition) is 2. The molecule has 26 heavy (non-hydrogen) atoms. The van der Waals surface area contributed by atoms with Crippen molar-refractivity contribution in [3.8, 4) is 11.5 Å². The molecule has 0 atom stereocenters. The van der Waals surface area contributed by atoms with Crippen LogP contribution in [0, 0.1) is 0 Å². The molecule has 130 valence electrons. The van der Waals surface area contributed by atoms with E-state index in [9.17, 15) is 9.90 Å². The van der Waals surface area contributed by atoms with Crippen LogP contribution in [0.15, 0.2) is 57.1 Å². The first-order valence-electron chi connectivity index (χ1n) is 7.67. The zero-order chi connectivity index (χ0) is 18.3. The number of phenols is 1. The molecule has 0 radical (unpaired) electrons. The molecule has 0 aliphatic carbocycles. The van der Waals surface area contributed by atoms with E-state index in [1.165, 1.54) is 17.2 Å². The van der Waals surface area contributed by atoms with Crippen LogP contribution in [0.2, 0.25) is 0 Å². The molecule has 0 fully saturated rings. The maximum absolute atomic E-state index is 12.7. The van der Waals surface area contributed by atoms with E-state index in [1.54, 1.807) is 43.5 Å². The highest BCUT2D eigenvalue weighted by Crippen LogP contribution is 2.26. The van der Waals surface area contributed by atoms with Crippen molar-refractivity contribution in [3.63, 3.8) is 0 Å². The van der Waals surface area contributed by atoms with Gasteiger partial charge in [0, 0.05) is 5.56 Å². The van der Waals surface area contributed by atoms with Crippen molar-refractivity contribution < 1.29 is 9.84 Å². The number of H-pyrrole nitrogens is 1. The number of benzene rings is 2. The zero-order valence-electron chi connectivity index (χ0n) is 13.6. The van der Waals surface area contributed by atoms with Gasteiger partial charge in [-0.05, 0) is 46.3 Å². The molecule has 8 heteroatoms. The lowest BCUT2D eigenvalue weighted by molar-refractivity contribution is 0.415. The first-order chi connectivity index (χ1) is 12.6. The van der Waals surface area contributed by atoms with Gasteiger partial charge in [0.1, 0.15) is 17.8 Å². The average Bonchev–Trinajstić information content (AvgIpc) is 3.06. The second-order valence-electron chi connectivity index (χ2n) is 5.57. The second kappa shape index (κ2) is 6.30. The monoisotopic (exact) mass is 412 g/mol. The number of pyridine rings is 1. The van der Waals surface area contributed by atoms with E-state index >= 15 is 0 Å². The van der Waals surface area contributed by atoms with Gasteiger partial charge in [-0.15, -0.1) is 0 Å². The Bertz CT molecular complexity index is 1230. The lowest BCUT2D eigenvalue weighted by Crippen LogP contribution is -2.05. The quantitative estimate of drug-likeness (QED) is 0.505.